The van der Waals surface area contributed by atoms with Crippen molar-refractivity contribution >= 4 is 17.7 Å². The molecule has 0 saturated carbocycles. The lowest BCUT2D eigenvalue weighted by Crippen LogP contribution is -2.30. The Morgan fingerprint density at radius 3 is 2.66 bits per heavy atom. The van der Waals surface area contributed by atoms with Gasteiger partial charge in [-0.05, 0) is 48.0 Å². The third-order valence-corrected chi connectivity index (χ3v) is 6.15. The molecule has 1 amide bonds. The number of carbonyl (C=O) groups excluding carboxylic acids is 1. The summed E-state index contributed by atoms with van der Waals surface area (Å²) in [7, 11) is 0. The molecule has 1 atom stereocenters. The predicted molar refractivity (Wildman–Crippen MR) is 112 cm³/mol. The van der Waals surface area contributed by atoms with Crippen molar-refractivity contribution in [1.82, 2.24) is 4.90 Å². The summed E-state index contributed by atoms with van der Waals surface area (Å²) in [6.45, 7) is 0.899. The highest BCUT2D eigenvalue weighted by Gasteiger charge is 2.32. The Bertz CT molecular complexity index is 1040. The van der Waals surface area contributed by atoms with Crippen molar-refractivity contribution < 1.29 is 19.0 Å². The van der Waals surface area contributed by atoms with Crippen molar-refractivity contribution in [2.75, 3.05) is 19.1 Å². The Morgan fingerprint density at radius 1 is 0.931 bits per heavy atom. The van der Waals surface area contributed by atoms with Gasteiger partial charge in [-0.1, -0.05) is 30.3 Å². The number of hydrogen-bond donors (Lipinski definition) is 0. The third kappa shape index (κ3) is 3.63. The third-order valence-electron chi connectivity index (χ3n) is 4.89. The van der Waals surface area contributed by atoms with E-state index in [9.17, 15) is 4.79 Å². The van der Waals surface area contributed by atoms with Crippen molar-refractivity contribution in [2.45, 2.75) is 5.37 Å². The number of hydrogen-bond acceptors (Lipinski definition) is 5. The van der Waals surface area contributed by atoms with E-state index in [1.807, 2.05) is 59.5 Å². The van der Waals surface area contributed by atoms with Gasteiger partial charge < -0.3 is 19.1 Å². The van der Waals surface area contributed by atoms with E-state index in [0.29, 0.717) is 23.6 Å². The molecule has 3 aromatic carbocycles. The zero-order chi connectivity index (χ0) is 19.6. The first kappa shape index (κ1) is 17.9. The topological polar surface area (TPSA) is 48.0 Å². The summed E-state index contributed by atoms with van der Waals surface area (Å²) >= 11 is 1.76. The van der Waals surface area contributed by atoms with Gasteiger partial charge in [-0.3, -0.25) is 4.79 Å². The molecular weight excluding hydrogens is 386 g/mol. The van der Waals surface area contributed by atoms with Crippen molar-refractivity contribution in [3.05, 3.63) is 83.9 Å². The van der Waals surface area contributed by atoms with Crippen LogP contribution in [0.15, 0.2) is 72.8 Å². The van der Waals surface area contributed by atoms with Crippen LogP contribution in [0.1, 0.15) is 21.3 Å². The molecule has 6 heteroatoms. The quantitative estimate of drug-likeness (QED) is 0.605. The van der Waals surface area contributed by atoms with Gasteiger partial charge in [0.15, 0.2) is 11.5 Å². The number of ether oxygens (including phenoxy) is 3. The summed E-state index contributed by atoms with van der Waals surface area (Å²) in [5.41, 5.74) is 1.66. The molecule has 1 saturated heterocycles. The average molecular weight is 405 g/mol. The van der Waals surface area contributed by atoms with Crippen LogP contribution in [0.3, 0.4) is 0 Å². The molecule has 3 aromatic rings. The van der Waals surface area contributed by atoms with Crippen LogP contribution in [-0.2, 0) is 0 Å². The zero-order valence-electron chi connectivity index (χ0n) is 15.6. The van der Waals surface area contributed by atoms with Gasteiger partial charge in [-0.25, -0.2) is 0 Å². The minimum atomic E-state index is -0.0488. The van der Waals surface area contributed by atoms with E-state index >= 15 is 0 Å². The molecule has 1 unspecified atom stereocenters. The maximum Gasteiger partial charge on any atom is 0.255 e. The van der Waals surface area contributed by atoms with Gasteiger partial charge in [0.1, 0.15) is 16.9 Å². The Kier molecular flexibility index (Phi) is 4.77. The van der Waals surface area contributed by atoms with Gasteiger partial charge in [-0.2, -0.15) is 0 Å². The van der Waals surface area contributed by atoms with Crippen molar-refractivity contribution in [1.29, 1.82) is 0 Å². The summed E-state index contributed by atoms with van der Waals surface area (Å²) in [4.78, 5) is 15.1. The maximum absolute atomic E-state index is 13.2. The summed E-state index contributed by atoms with van der Waals surface area (Å²) in [5, 5.41) is -0.0488. The van der Waals surface area contributed by atoms with Crippen LogP contribution in [-0.4, -0.2) is 29.9 Å². The van der Waals surface area contributed by atoms with Gasteiger partial charge in [0, 0.05) is 17.9 Å². The molecule has 146 valence electrons. The number of carbonyl (C=O) groups is 1. The van der Waals surface area contributed by atoms with Crippen molar-refractivity contribution in [2.24, 2.45) is 0 Å². The van der Waals surface area contributed by atoms with Crippen LogP contribution in [0.25, 0.3) is 0 Å². The smallest absolute Gasteiger partial charge is 0.255 e. The lowest BCUT2D eigenvalue weighted by Gasteiger charge is -2.24. The monoisotopic (exact) mass is 405 g/mol. The van der Waals surface area contributed by atoms with Gasteiger partial charge in [0.2, 0.25) is 6.79 Å². The number of thioether (sulfide) groups is 1. The molecule has 2 heterocycles. The molecule has 1 fully saturated rings. The van der Waals surface area contributed by atoms with Gasteiger partial charge >= 0.3 is 0 Å². The van der Waals surface area contributed by atoms with Gasteiger partial charge in [0.25, 0.3) is 5.91 Å². The fourth-order valence-electron chi connectivity index (χ4n) is 3.51. The van der Waals surface area contributed by atoms with Crippen LogP contribution in [0.4, 0.5) is 0 Å². The highest BCUT2D eigenvalue weighted by Crippen LogP contribution is 2.41. The number of benzene rings is 3. The van der Waals surface area contributed by atoms with Gasteiger partial charge in [-0.15, -0.1) is 11.8 Å². The minimum Gasteiger partial charge on any atom is -0.457 e. The number of nitrogens with zero attached hydrogens (tertiary/aromatic N) is 1. The highest BCUT2D eigenvalue weighted by molar-refractivity contribution is 7.99. The van der Waals surface area contributed by atoms with Crippen molar-refractivity contribution in [3.63, 3.8) is 0 Å². The molecule has 0 radical (unpaired) electrons. The summed E-state index contributed by atoms with van der Waals surface area (Å²) in [6, 6.07) is 23.0. The first-order chi connectivity index (χ1) is 14.3. The summed E-state index contributed by atoms with van der Waals surface area (Å²) in [5.74, 6) is 3.74. The van der Waals surface area contributed by atoms with E-state index in [1.165, 1.54) is 0 Å². The second-order valence-electron chi connectivity index (χ2n) is 6.78. The SMILES string of the molecule is O=C(c1ccc2c(c1)OCO2)N1CCSC1c1cccc(Oc2ccccc2)c1. The number of rotatable bonds is 4. The molecule has 29 heavy (non-hydrogen) atoms. The van der Waals surface area contributed by atoms with E-state index in [-0.39, 0.29) is 18.1 Å². The molecule has 0 N–H and O–H groups in total. The molecule has 2 aliphatic rings. The molecule has 5 nitrogen and oxygen atoms in total. The normalized spacial score (nSPS) is 17.4. The highest BCUT2D eigenvalue weighted by atomic mass is 32.2. The number of para-hydroxylation sites is 1. The lowest BCUT2D eigenvalue weighted by atomic mass is 10.1. The largest absolute Gasteiger partial charge is 0.457 e. The lowest BCUT2D eigenvalue weighted by molar-refractivity contribution is 0.0759. The minimum absolute atomic E-state index is 0.00678. The van der Waals surface area contributed by atoms with E-state index in [0.717, 1.165) is 22.8 Å². The van der Waals surface area contributed by atoms with Crippen LogP contribution in [0.2, 0.25) is 0 Å². The second kappa shape index (κ2) is 7.72. The van der Waals surface area contributed by atoms with E-state index in [4.69, 9.17) is 14.2 Å². The average Bonchev–Trinajstić information content (AvgIpc) is 3.43. The van der Waals surface area contributed by atoms with E-state index in [2.05, 4.69) is 0 Å². The molecule has 5 rings (SSSR count). The molecule has 0 aromatic heterocycles. The summed E-state index contributed by atoms with van der Waals surface area (Å²) < 4.78 is 16.7. The number of fused-ring (bicyclic) bond motifs is 1. The maximum atomic E-state index is 13.2. The Hall–Kier alpha value is -3.12. The molecule has 0 aliphatic carbocycles. The fraction of sp³-hybridized carbons (Fsp3) is 0.174. The van der Waals surface area contributed by atoms with Crippen LogP contribution < -0.4 is 14.2 Å². The first-order valence-corrected chi connectivity index (χ1v) is 10.5. The first-order valence-electron chi connectivity index (χ1n) is 9.43. The zero-order valence-corrected chi connectivity index (χ0v) is 16.4. The predicted octanol–water partition coefficient (Wildman–Crippen LogP) is 5.10. The van der Waals surface area contributed by atoms with E-state index < -0.39 is 0 Å². The summed E-state index contributed by atoms with van der Waals surface area (Å²) in [6.07, 6.45) is 0. The van der Waals surface area contributed by atoms with Crippen LogP contribution >= 0.6 is 11.8 Å². The Labute approximate surface area is 173 Å². The Morgan fingerprint density at radius 2 is 1.76 bits per heavy atom. The molecule has 2 aliphatic heterocycles. The number of amides is 1. The van der Waals surface area contributed by atoms with E-state index in [1.54, 1.807) is 30.0 Å². The molecular formula is C23H19NO4S. The fourth-order valence-corrected chi connectivity index (χ4v) is 4.75. The standard InChI is InChI=1S/C23H19NO4S/c25-22(16-9-10-20-21(14-16)27-15-26-20)24-11-12-29-23(24)17-5-4-8-19(13-17)28-18-6-2-1-3-7-18/h1-10,13-14,23H,11-12,15H2. The molecule has 0 bridgehead atoms. The van der Waals surface area contributed by atoms with Crippen molar-refractivity contribution in [3.8, 4) is 23.0 Å². The van der Waals surface area contributed by atoms with Gasteiger partial charge in [0.05, 0.1) is 0 Å². The second-order valence-corrected chi connectivity index (χ2v) is 7.97. The van der Waals surface area contributed by atoms with Crippen LogP contribution in [0.5, 0.6) is 23.0 Å². The Balaban J connectivity index is 1.38. The van der Waals surface area contributed by atoms with Crippen LogP contribution in [0, 0.1) is 0 Å². The molecule has 0 spiro atoms.